The second-order valence-corrected chi connectivity index (χ2v) is 14.9. The summed E-state index contributed by atoms with van der Waals surface area (Å²) in [5.74, 6) is 0. The third kappa shape index (κ3) is 4.13. The fourth-order valence-corrected chi connectivity index (χ4v) is 10.4. The summed E-state index contributed by atoms with van der Waals surface area (Å²) >= 11 is 1.96. The van der Waals surface area contributed by atoms with E-state index in [2.05, 4.69) is 188 Å². The summed E-state index contributed by atoms with van der Waals surface area (Å²) in [6.45, 7) is 0. The van der Waals surface area contributed by atoms with Gasteiger partial charge in [0.05, 0.1) is 16.8 Å². The van der Waals surface area contributed by atoms with Crippen molar-refractivity contribution in [3.05, 3.63) is 210 Å². The number of thiophene rings is 1. The standard InChI is InChI=1S/C50H31NS/c1-3-15-32(16-4-1)45-30-35(31-46(51-45)33-17-5-2-6-18-33)37-20-8-7-19-36(37)34-27-28-44-41(29-34)48-40-23-11-14-26-47(40)52-49(48)50(44)42-24-12-9-21-38(42)39-22-10-13-25-43(39)50/h1-31H. The fraction of sp³-hybridized carbons (Fsp3) is 0.0200. The van der Waals surface area contributed by atoms with E-state index in [4.69, 9.17) is 4.98 Å². The molecule has 0 fully saturated rings. The van der Waals surface area contributed by atoms with Gasteiger partial charge in [0.15, 0.2) is 0 Å². The van der Waals surface area contributed by atoms with Crippen LogP contribution in [0.15, 0.2) is 188 Å². The number of benzene rings is 7. The molecule has 0 radical (unpaired) electrons. The van der Waals surface area contributed by atoms with Gasteiger partial charge >= 0.3 is 0 Å². The average molecular weight is 678 g/mol. The zero-order chi connectivity index (χ0) is 34.2. The summed E-state index contributed by atoms with van der Waals surface area (Å²) in [6, 6.07) is 68.7. The van der Waals surface area contributed by atoms with Gasteiger partial charge in [0.2, 0.25) is 0 Å². The Bertz CT molecular complexity index is 2740. The first-order valence-corrected chi connectivity index (χ1v) is 18.7. The Morgan fingerprint density at radius 1 is 0.365 bits per heavy atom. The second kappa shape index (κ2) is 11.3. The zero-order valence-electron chi connectivity index (χ0n) is 28.3. The molecule has 0 amide bonds. The topological polar surface area (TPSA) is 12.9 Å². The maximum Gasteiger partial charge on any atom is 0.0819 e. The highest BCUT2D eigenvalue weighted by atomic mass is 32.1. The largest absolute Gasteiger partial charge is 0.248 e. The first kappa shape index (κ1) is 29.4. The minimum atomic E-state index is -0.347. The van der Waals surface area contributed by atoms with Gasteiger partial charge in [0.1, 0.15) is 0 Å². The molecule has 242 valence electrons. The van der Waals surface area contributed by atoms with Crippen molar-refractivity contribution >= 4 is 21.4 Å². The molecule has 9 aromatic rings. The van der Waals surface area contributed by atoms with E-state index in [0.717, 1.165) is 28.1 Å². The minimum absolute atomic E-state index is 0.347. The highest BCUT2D eigenvalue weighted by Gasteiger charge is 2.53. The van der Waals surface area contributed by atoms with Crippen LogP contribution in [0.2, 0.25) is 0 Å². The Balaban J connectivity index is 1.16. The van der Waals surface area contributed by atoms with E-state index in [9.17, 15) is 0 Å². The summed E-state index contributed by atoms with van der Waals surface area (Å²) in [4.78, 5) is 6.61. The van der Waals surface area contributed by atoms with Crippen molar-refractivity contribution in [1.82, 2.24) is 4.98 Å². The minimum Gasteiger partial charge on any atom is -0.248 e. The van der Waals surface area contributed by atoms with E-state index in [-0.39, 0.29) is 5.41 Å². The Labute approximate surface area is 307 Å². The molecule has 0 bridgehead atoms. The van der Waals surface area contributed by atoms with Gasteiger partial charge in [-0.05, 0) is 79.9 Å². The van der Waals surface area contributed by atoms with Crippen molar-refractivity contribution in [3.63, 3.8) is 0 Å². The first-order chi connectivity index (χ1) is 25.8. The van der Waals surface area contributed by atoms with E-state index in [1.807, 2.05) is 11.3 Å². The molecule has 0 saturated carbocycles. The molecule has 0 atom stereocenters. The number of pyridine rings is 1. The van der Waals surface area contributed by atoms with Crippen molar-refractivity contribution in [3.8, 4) is 67.0 Å². The van der Waals surface area contributed by atoms with Gasteiger partial charge in [-0.1, -0.05) is 164 Å². The molecule has 1 spiro atoms. The SMILES string of the molecule is c1ccc(-c2cc(-c3ccccc3-c3ccc4c(c3)-c3c(sc5ccccc35)C43c4ccccc4-c4ccccc43)cc(-c3ccccc3)n2)cc1. The van der Waals surface area contributed by atoms with Crippen LogP contribution in [-0.2, 0) is 5.41 Å². The molecule has 2 aromatic heterocycles. The van der Waals surface area contributed by atoms with E-state index >= 15 is 0 Å². The van der Waals surface area contributed by atoms with Crippen LogP contribution in [0, 0.1) is 0 Å². The van der Waals surface area contributed by atoms with Crippen molar-refractivity contribution in [2.45, 2.75) is 5.41 Å². The Morgan fingerprint density at radius 2 is 0.865 bits per heavy atom. The molecular formula is C50H31NS. The molecule has 11 rings (SSSR count). The lowest BCUT2D eigenvalue weighted by atomic mass is 9.73. The summed E-state index contributed by atoms with van der Waals surface area (Å²) in [6.07, 6.45) is 0. The van der Waals surface area contributed by atoms with E-state index in [0.29, 0.717) is 0 Å². The second-order valence-electron chi connectivity index (χ2n) is 13.8. The maximum atomic E-state index is 5.18. The quantitative estimate of drug-likeness (QED) is 0.181. The van der Waals surface area contributed by atoms with Crippen LogP contribution in [0.4, 0.5) is 0 Å². The molecule has 1 nitrogen and oxygen atoms in total. The number of aromatic nitrogens is 1. The van der Waals surface area contributed by atoms with Crippen molar-refractivity contribution in [1.29, 1.82) is 0 Å². The molecule has 0 saturated heterocycles. The monoisotopic (exact) mass is 677 g/mol. The number of nitrogens with zero attached hydrogens (tertiary/aromatic N) is 1. The van der Waals surface area contributed by atoms with Crippen LogP contribution in [0.3, 0.4) is 0 Å². The normalized spacial score (nSPS) is 13.2. The van der Waals surface area contributed by atoms with Crippen LogP contribution in [0.5, 0.6) is 0 Å². The van der Waals surface area contributed by atoms with E-state index in [1.54, 1.807) is 0 Å². The number of rotatable bonds is 4. The summed E-state index contributed by atoms with van der Waals surface area (Å²) < 4.78 is 1.34. The predicted octanol–water partition coefficient (Wildman–Crippen LogP) is 13.3. The van der Waals surface area contributed by atoms with Gasteiger partial charge in [-0.3, -0.25) is 0 Å². The van der Waals surface area contributed by atoms with E-state index < -0.39 is 0 Å². The van der Waals surface area contributed by atoms with Crippen LogP contribution < -0.4 is 0 Å². The van der Waals surface area contributed by atoms with Crippen LogP contribution >= 0.6 is 11.3 Å². The summed E-state index contributed by atoms with van der Waals surface area (Å²) in [5.41, 5.74) is 18.1. The van der Waals surface area contributed by atoms with Crippen molar-refractivity contribution in [2.75, 3.05) is 0 Å². The van der Waals surface area contributed by atoms with Crippen LogP contribution in [0.1, 0.15) is 21.6 Å². The maximum absolute atomic E-state index is 5.18. The lowest BCUT2D eigenvalue weighted by molar-refractivity contribution is 0.812. The third-order valence-electron chi connectivity index (χ3n) is 11.1. The Morgan fingerprint density at radius 3 is 1.50 bits per heavy atom. The highest BCUT2D eigenvalue weighted by Crippen LogP contribution is 2.66. The number of fused-ring (bicyclic) bond motifs is 12. The fourth-order valence-electron chi connectivity index (χ4n) is 8.90. The lowest BCUT2D eigenvalue weighted by Gasteiger charge is -2.29. The smallest absolute Gasteiger partial charge is 0.0819 e. The summed E-state index contributed by atoms with van der Waals surface area (Å²) in [7, 11) is 0. The van der Waals surface area contributed by atoms with Gasteiger partial charge < -0.3 is 0 Å². The third-order valence-corrected chi connectivity index (χ3v) is 12.4. The van der Waals surface area contributed by atoms with E-state index in [1.165, 1.54) is 70.6 Å². The Hall–Kier alpha value is -6.35. The number of hydrogen-bond acceptors (Lipinski definition) is 2. The molecule has 0 aliphatic heterocycles. The molecule has 0 N–H and O–H groups in total. The van der Waals surface area contributed by atoms with Crippen LogP contribution in [-0.4, -0.2) is 4.98 Å². The zero-order valence-corrected chi connectivity index (χ0v) is 29.1. The molecule has 2 heteroatoms. The summed E-state index contributed by atoms with van der Waals surface area (Å²) in [5, 5.41) is 1.34. The average Bonchev–Trinajstić information content (AvgIpc) is 3.85. The molecule has 2 aliphatic carbocycles. The van der Waals surface area contributed by atoms with Crippen LogP contribution in [0.25, 0.3) is 77.1 Å². The highest BCUT2D eigenvalue weighted by molar-refractivity contribution is 7.20. The molecule has 7 aromatic carbocycles. The van der Waals surface area contributed by atoms with Gasteiger partial charge in [0, 0.05) is 31.7 Å². The Kier molecular flexibility index (Phi) is 6.40. The lowest BCUT2D eigenvalue weighted by Crippen LogP contribution is -2.24. The van der Waals surface area contributed by atoms with Gasteiger partial charge in [-0.25, -0.2) is 4.98 Å². The van der Waals surface area contributed by atoms with Crippen molar-refractivity contribution < 1.29 is 0 Å². The molecular weight excluding hydrogens is 647 g/mol. The van der Waals surface area contributed by atoms with Crippen molar-refractivity contribution in [2.24, 2.45) is 0 Å². The molecule has 2 aliphatic rings. The van der Waals surface area contributed by atoms with Gasteiger partial charge in [0.25, 0.3) is 0 Å². The molecule has 2 heterocycles. The first-order valence-electron chi connectivity index (χ1n) is 17.9. The number of hydrogen-bond donors (Lipinski definition) is 0. The molecule has 52 heavy (non-hydrogen) atoms. The predicted molar refractivity (Wildman–Crippen MR) is 218 cm³/mol. The molecule has 0 unspecified atom stereocenters. The van der Waals surface area contributed by atoms with Gasteiger partial charge in [-0.15, -0.1) is 11.3 Å². The van der Waals surface area contributed by atoms with Gasteiger partial charge in [-0.2, -0.15) is 0 Å².